The van der Waals surface area contributed by atoms with E-state index in [4.69, 9.17) is 9.72 Å². The van der Waals surface area contributed by atoms with Gasteiger partial charge in [0.15, 0.2) is 0 Å². The summed E-state index contributed by atoms with van der Waals surface area (Å²) in [6.45, 7) is 4.59. The van der Waals surface area contributed by atoms with E-state index in [0.29, 0.717) is 0 Å². The van der Waals surface area contributed by atoms with Crippen LogP contribution in [0.3, 0.4) is 0 Å². The van der Waals surface area contributed by atoms with Crippen LogP contribution in [-0.4, -0.2) is 42.7 Å². The Kier molecular flexibility index (Phi) is 4.51. The number of benzene rings is 1. The molecule has 0 spiro atoms. The second-order valence-electron chi connectivity index (χ2n) is 6.84. The van der Waals surface area contributed by atoms with Crippen LogP contribution in [0.2, 0.25) is 0 Å². The Hall–Kier alpha value is -1.17. The van der Waals surface area contributed by atoms with Crippen molar-refractivity contribution in [2.24, 2.45) is 5.92 Å². The lowest BCUT2D eigenvalue weighted by molar-refractivity contribution is 0.190. The van der Waals surface area contributed by atoms with Crippen molar-refractivity contribution in [3.8, 4) is 5.75 Å². The number of hydrogen-bond acceptors (Lipinski definition) is 5. The molecule has 1 aromatic carbocycles. The molecule has 2 fully saturated rings. The lowest BCUT2D eigenvalue weighted by Gasteiger charge is -2.31. The molecule has 0 atom stereocenters. The van der Waals surface area contributed by atoms with E-state index in [2.05, 4.69) is 22.3 Å². The van der Waals surface area contributed by atoms with Gasteiger partial charge in [-0.2, -0.15) is 0 Å². The maximum atomic E-state index is 5.30. The third-order valence-electron chi connectivity index (χ3n) is 4.98. The summed E-state index contributed by atoms with van der Waals surface area (Å²) in [5, 5.41) is 4.97. The maximum absolute atomic E-state index is 5.30. The molecule has 0 bridgehead atoms. The van der Waals surface area contributed by atoms with Crippen molar-refractivity contribution < 1.29 is 4.74 Å². The zero-order valence-corrected chi connectivity index (χ0v) is 14.6. The standard InChI is InChI=1S/C18H25N3OS/c1-22-15-4-5-16-17(10-15)23-18(20-16)12-21-8-6-14(7-9-21)19-11-13-2-3-13/h4-5,10,13-14,19H,2-3,6-9,11-12H2,1H3. The molecule has 1 saturated heterocycles. The summed E-state index contributed by atoms with van der Waals surface area (Å²) in [7, 11) is 1.71. The number of aromatic nitrogens is 1. The van der Waals surface area contributed by atoms with Crippen LogP contribution in [0.25, 0.3) is 10.2 Å². The first-order valence-corrected chi connectivity index (χ1v) is 9.51. The Morgan fingerprint density at radius 3 is 2.83 bits per heavy atom. The van der Waals surface area contributed by atoms with Gasteiger partial charge >= 0.3 is 0 Å². The number of nitrogens with one attached hydrogen (secondary N) is 1. The number of fused-ring (bicyclic) bond motifs is 1. The molecular weight excluding hydrogens is 306 g/mol. The normalized spacial score (nSPS) is 20.2. The summed E-state index contributed by atoms with van der Waals surface area (Å²) in [4.78, 5) is 7.32. The quantitative estimate of drug-likeness (QED) is 0.881. The zero-order chi connectivity index (χ0) is 15.6. The highest BCUT2D eigenvalue weighted by molar-refractivity contribution is 7.18. The molecule has 1 aromatic heterocycles. The smallest absolute Gasteiger partial charge is 0.120 e. The highest BCUT2D eigenvalue weighted by Gasteiger charge is 2.24. The fraction of sp³-hybridized carbons (Fsp3) is 0.611. The second kappa shape index (κ2) is 6.75. The van der Waals surface area contributed by atoms with Gasteiger partial charge in [-0.25, -0.2) is 4.98 Å². The van der Waals surface area contributed by atoms with Crippen LogP contribution in [0.5, 0.6) is 5.75 Å². The minimum Gasteiger partial charge on any atom is -0.497 e. The molecule has 2 heterocycles. The van der Waals surface area contributed by atoms with Crippen molar-refractivity contribution >= 4 is 21.6 Å². The van der Waals surface area contributed by atoms with E-state index >= 15 is 0 Å². The first-order chi connectivity index (χ1) is 11.3. The second-order valence-corrected chi connectivity index (χ2v) is 7.96. The van der Waals surface area contributed by atoms with E-state index in [-0.39, 0.29) is 0 Å². The molecule has 2 aliphatic rings. The minimum absolute atomic E-state index is 0.728. The number of methoxy groups -OCH3 is 1. The maximum Gasteiger partial charge on any atom is 0.120 e. The van der Waals surface area contributed by atoms with Gasteiger partial charge in [-0.3, -0.25) is 4.90 Å². The Balaban J connectivity index is 1.31. The van der Waals surface area contributed by atoms with Gasteiger partial charge in [-0.15, -0.1) is 11.3 Å². The molecule has 2 aromatic rings. The fourth-order valence-electron chi connectivity index (χ4n) is 3.29. The molecule has 1 aliphatic heterocycles. The van der Waals surface area contributed by atoms with Crippen LogP contribution >= 0.6 is 11.3 Å². The molecule has 0 unspecified atom stereocenters. The average Bonchev–Trinajstić information content (AvgIpc) is 3.32. The number of hydrogen-bond donors (Lipinski definition) is 1. The molecule has 23 heavy (non-hydrogen) atoms. The molecule has 4 rings (SSSR count). The van der Waals surface area contributed by atoms with Crippen LogP contribution in [0.1, 0.15) is 30.7 Å². The van der Waals surface area contributed by atoms with E-state index in [0.717, 1.165) is 29.8 Å². The van der Waals surface area contributed by atoms with Gasteiger partial charge in [-0.1, -0.05) is 0 Å². The predicted molar refractivity (Wildman–Crippen MR) is 95.2 cm³/mol. The fourth-order valence-corrected chi connectivity index (χ4v) is 4.33. The number of ether oxygens (including phenoxy) is 1. The van der Waals surface area contributed by atoms with E-state index in [9.17, 15) is 0 Å². The predicted octanol–water partition coefficient (Wildman–Crippen LogP) is 3.27. The van der Waals surface area contributed by atoms with Crippen LogP contribution < -0.4 is 10.1 Å². The van der Waals surface area contributed by atoms with E-state index < -0.39 is 0 Å². The summed E-state index contributed by atoms with van der Waals surface area (Å²) in [6.07, 6.45) is 5.42. The van der Waals surface area contributed by atoms with Gasteiger partial charge < -0.3 is 10.1 Å². The van der Waals surface area contributed by atoms with Crippen molar-refractivity contribution in [3.63, 3.8) is 0 Å². The van der Waals surface area contributed by atoms with Crippen LogP contribution in [-0.2, 0) is 6.54 Å². The van der Waals surface area contributed by atoms with E-state index in [1.54, 1.807) is 18.4 Å². The number of thiazole rings is 1. The highest BCUT2D eigenvalue weighted by Crippen LogP contribution is 2.29. The van der Waals surface area contributed by atoms with Crippen molar-refractivity contribution in [2.45, 2.75) is 38.3 Å². The van der Waals surface area contributed by atoms with Gasteiger partial charge in [0.2, 0.25) is 0 Å². The van der Waals surface area contributed by atoms with Gasteiger partial charge in [-0.05, 0) is 56.3 Å². The highest BCUT2D eigenvalue weighted by atomic mass is 32.1. The number of nitrogens with zero attached hydrogens (tertiary/aromatic N) is 2. The summed E-state index contributed by atoms with van der Waals surface area (Å²) in [6, 6.07) is 6.86. The largest absolute Gasteiger partial charge is 0.497 e. The molecule has 124 valence electrons. The first kappa shape index (κ1) is 15.4. The third-order valence-corrected chi connectivity index (χ3v) is 5.98. The summed E-state index contributed by atoms with van der Waals surface area (Å²) >= 11 is 1.80. The van der Waals surface area contributed by atoms with Crippen molar-refractivity contribution in [1.82, 2.24) is 15.2 Å². The van der Waals surface area contributed by atoms with Crippen molar-refractivity contribution in [2.75, 3.05) is 26.7 Å². The first-order valence-electron chi connectivity index (χ1n) is 8.69. The number of likely N-dealkylation sites (tertiary alicyclic amines) is 1. The third kappa shape index (κ3) is 3.84. The van der Waals surface area contributed by atoms with Crippen molar-refractivity contribution in [1.29, 1.82) is 0 Å². The van der Waals surface area contributed by atoms with Crippen molar-refractivity contribution in [3.05, 3.63) is 23.2 Å². The Labute approximate surface area is 141 Å². The number of piperidine rings is 1. The summed E-state index contributed by atoms with van der Waals surface area (Å²) in [5.41, 5.74) is 1.09. The molecule has 4 nitrogen and oxygen atoms in total. The van der Waals surface area contributed by atoms with Gasteiger partial charge in [0.05, 0.1) is 23.9 Å². The Morgan fingerprint density at radius 1 is 1.26 bits per heavy atom. The zero-order valence-electron chi connectivity index (χ0n) is 13.8. The molecule has 0 radical (unpaired) electrons. The monoisotopic (exact) mass is 331 g/mol. The minimum atomic E-state index is 0.728. The molecule has 1 N–H and O–H groups in total. The van der Waals surface area contributed by atoms with Crippen LogP contribution in [0, 0.1) is 5.92 Å². The summed E-state index contributed by atoms with van der Waals surface area (Å²) in [5.74, 6) is 1.89. The summed E-state index contributed by atoms with van der Waals surface area (Å²) < 4.78 is 6.52. The van der Waals surface area contributed by atoms with E-state index in [1.807, 2.05) is 6.07 Å². The Bertz CT molecular complexity index is 659. The van der Waals surface area contributed by atoms with Crippen LogP contribution in [0.15, 0.2) is 18.2 Å². The van der Waals surface area contributed by atoms with Gasteiger partial charge in [0, 0.05) is 19.1 Å². The Morgan fingerprint density at radius 2 is 2.09 bits per heavy atom. The lowest BCUT2D eigenvalue weighted by Crippen LogP contribution is -2.42. The van der Waals surface area contributed by atoms with Gasteiger partial charge in [0.25, 0.3) is 0 Å². The molecular formula is C18H25N3OS. The van der Waals surface area contributed by atoms with E-state index in [1.165, 1.54) is 55.0 Å². The number of rotatable bonds is 6. The molecule has 0 amide bonds. The average molecular weight is 331 g/mol. The van der Waals surface area contributed by atoms with Crippen LogP contribution in [0.4, 0.5) is 0 Å². The van der Waals surface area contributed by atoms with Gasteiger partial charge in [0.1, 0.15) is 10.8 Å². The molecule has 1 saturated carbocycles. The topological polar surface area (TPSA) is 37.4 Å². The molecule has 1 aliphatic carbocycles. The molecule has 5 heteroatoms. The lowest BCUT2D eigenvalue weighted by atomic mass is 10.0. The SMILES string of the molecule is COc1ccc2nc(CN3CCC(NCC4CC4)CC3)sc2c1.